The summed E-state index contributed by atoms with van der Waals surface area (Å²) in [5.74, 6) is 1.78. The first-order chi connectivity index (χ1) is 10.1. The Morgan fingerprint density at radius 1 is 0.762 bits per heavy atom. The van der Waals surface area contributed by atoms with Crippen LogP contribution in [0.2, 0.25) is 0 Å². The molecule has 0 N–H and O–H groups in total. The molecule has 1 aliphatic carbocycles. The monoisotopic (exact) mass is 292 g/mol. The highest BCUT2D eigenvalue weighted by atomic mass is 16.2. The molecule has 2 heterocycles. The number of carbonyl (C=O) groups is 2. The van der Waals surface area contributed by atoms with Crippen molar-refractivity contribution in [2.45, 2.75) is 51.9 Å². The van der Waals surface area contributed by atoms with Gasteiger partial charge in [-0.1, -0.05) is 13.3 Å². The van der Waals surface area contributed by atoms with Gasteiger partial charge in [-0.05, 0) is 44.4 Å². The largest absolute Gasteiger partial charge is 0.342 e. The summed E-state index contributed by atoms with van der Waals surface area (Å²) in [6.07, 6.45) is 7.47. The molecule has 2 amide bonds. The Bertz CT molecular complexity index is 398. The highest BCUT2D eigenvalue weighted by Crippen LogP contribution is 2.30. The molecule has 3 rings (SSSR count). The van der Waals surface area contributed by atoms with Crippen LogP contribution in [0.3, 0.4) is 0 Å². The predicted molar refractivity (Wildman–Crippen MR) is 81.6 cm³/mol. The molecule has 3 fully saturated rings. The lowest BCUT2D eigenvalue weighted by molar-refractivity contribution is -0.144. The minimum Gasteiger partial charge on any atom is -0.342 e. The summed E-state index contributed by atoms with van der Waals surface area (Å²) in [6.45, 7) is 5.67. The van der Waals surface area contributed by atoms with Crippen LogP contribution in [-0.4, -0.2) is 47.8 Å². The number of amides is 2. The topological polar surface area (TPSA) is 40.6 Å². The predicted octanol–water partition coefficient (Wildman–Crippen LogP) is 2.28. The molecule has 2 saturated heterocycles. The van der Waals surface area contributed by atoms with Gasteiger partial charge in [-0.2, -0.15) is 0 Å². The Morgan fingerprint density at radius 3 is 1.95 bits per heavy atom. The van der Waals surface area contributed by atoms with Crippen LogP contribution in [0.15, 0.2) is 0 Å². The maximum Gasteiger partial charge on any atom is 0.225 e. The summed E-state index contributed by atoms with van der Waals surface area (Å²) in [5, 5.41) is 0. The van der Waals surface area contributed by atoms with Gasteiger partial charge < -0.3 is 9.80 Å². The van der Waals surface area contributed by atoms with Gasteiger partial charge in [0.2, 0.25) is 11.8 Å². The van der Waals surface area contributed by atoms with Crippen LogP contribution < -0.4 is 0 Å². The molecular formula is C17H28N2O2. The Labute approximate surface area is 127 Å². The molecular weight excluding hydrogens is 264 g/mol. The Kier molecular flexibility index (Phi) is 4.51. The van der Waals surface area contributed by atoms with Crippen LogP contribution in [0, 0.1) is 17.8 Å². The lowest BCUT2D eigenvalue weighted by Crippen LogP contribution is -2.48. The van der Waals surface area contributed by atoms with E-state index in [2.05, 4.69) is 11.8 Å². The van der Waals surface area contributed by atoms with Crippen LogP contribution >= 0.6 is 0 Å². The number of carbonyl (C=O) groups excluding carboxylic acids is 2. The van der Waals surface area contributed by atoms with Crippen LogP contribution in [0.4, 0.5) is 0 Å². The molecule has 0 radical (unpaired) electrons. The van der Waals surface area contributed by atoms with Crippen molar-refractivity contribution in [3.8, 4) is 0 Å². The number of piperidine rings is 2. The third kappa shape index (κ3) is 3.24. The summed E-state index contributed by atoms with van der Waals surface area (Å²) in [5.41, 5.74) is 0. The molecule has 1 saturated carbocycles. The maximum absolute atomic E-state index is 12.6. The van der Waals surface area contributed by atoms with Crippen molar-refractivity contribution in [3.05, 3.63) is 0 Å². The molecule has 0 bridgehead atoms. The van der Waals surface area contributed by atoms with Crippen molar-refractivity contribution in [1.82, 2.24) is 9.80 Å². The van der Waals surface area contributed by atoms with Gasteiger partial charge in [0, 0.05) is 38.0 Å². The second-order valence-electron chi connectivity index (χ2n) is 7.26. The van der Waals surface area contributed by atoms with E-state index < -0.39 is 0 Å². The van der Waals surface area contributed by atoms with E-state index in [0.717, 1.165) is 58.3 Å². The van der Waals surface area contributed by atoms with Gasteiger partial charge in [0.05, 0.1) is 0 Å². The van der Waals surface area contributed by atoms with Gasteiger partial charge in [-0.15, -0.1) is 0 Å². The SMILES string of the molecule is CC1CCCN(C(=O)C2CCN(C(=O)C3CCC3)CC2)C1. The minimum absolute atomic E-state index is 0.153. The number of nitrogens with zero attached hydrogens (tertiary/aromatic N) is 2. The first kappa shape index (κ1) is 14.9. The van der Waals surface area contributed by atoms with Crippen molar-refractivity contribution in [2.75, 3.05) is 26.2 Å². The zero-order chi connectivity index (χ0) is 14.8. The van der Waals surface area contributed by atoms with Crippen LogP contribution in [0.5, 0.6) is 0 Å². The van der Waals surface area contributed by atoms with Gasteiger partial charge in [0.25, 0.3) is 0 Å². The van der Waals surface area contributed by atoms with Gasteiger partial charge in [-0.3, -0.25) is 9.59 Å². The van der Waals surface area contributed by atoms with Gasteiger partial charge >= 0.3 is 0 Å². The molecule has 2 aliphatic heterocycles. The minimum atomic E-state index is 0.153. The normalized spacial score (nSPS) is 28.3. The van der Waals surface area contributed by atoms with Crippen molar-refractivity contribution >= 4 is 11.8 Å². The van der Waals surface area contributed by atoms with Crippen molar-refractivity contribution in [2.24, 2.45) is 17.8 Å². The highest BCUT2D eigenvalue weighted by Gasteiger charge is 2.35. The zero-order valence-electron chi connectivity index (χ0n) is 13.2. The first-order valence-corrected chi connectivity index (χ1v) is 8.72. The van der Waals surface area contributed by atoms with Crippen LogP contribution in [0.1, 0.15) is 51.9 Å². The van der Waals surface area contributed by atoms with E-state index in [1.54, 1.807) is 0 Å². The van der Waals surface area contributed by atoms with Crippen molar-refractivity contribution in [1.29, 1.82) is 0 Å². The van der Waals surface area contributed by atoms with Crippen LogP contribution in [0.25, 0.3) is 0 Å². The third-order valence-corrected chi connectivity index (χ3v) is 5.58. The lowest BCUT2D eigenvalue weighted by atomic mass is 9.83. The summed E-state index contributed by atoms with van der Waals surface area (Å²) >= 11 is 0. The molecule has 0 aromatic heterocycles. The second-order valence-corrected chi connectivity index (χ2v) is 7.26. The number of likely N-dealkylation sites (tertiary alicyclic amines) is 2. The molecule has 1 atom stereocenters. The summed E-state index contributed by atoms with van der Waals surface area (Å²) in [4.78, 5) is 28.9. The third-order valence-electron chi connectivity index (χ3n) is 5.58. The lowest BCUT2D eigenvalue weighted by Gasteiger charge is -2.39. The molecule has 118 valence electrons. The van der Waals surface area contributed by atoms with Crippen LogP contribution in [-0.2, 0) is 9.59 Å². The fourth-order valence-electron chi connectivity index (χ4n) is 3.91. The molecule has 3 aliphatic rings. The van der Waals surface area contributed by atoms with E-state index in [4.69, 9.17) is 0 Å². The molecule has 21 heavy (non-hydrogen) atoms. The number of rotatable bonds is 2. The Morgan fingerprint density at radius 2 is 1.38 bits per heavy atom. The average Bonchev–Trinajstić information content (AvgIpc) is 2.45. The van der Waals surface area contributed by atoms with E-state index in [-0.39, 0.29) is 5.92 Å². The standard InChI is InChI=1S/C17H28N2O2/c1-13-4-3-9-19(12-13)17(21)15-7-10-18(11-8-15)16(20)14-5-2-6-14/h13-15H,2-12H2,1H3. The molecule has 4 heteroatoms. The quantitative estimate of drug-likeness (QED) is 0.783. The average molecular weight is 292 g/mol. The fourth-order valence-corrected chi connectivity index (χ4v) is 3.91. The van der Waals surface area contributed by atoms with Gasteiger partial charge in [0.15, 0.2) is 0 Å². The second kappa shape index (κ2) is 6.37. The fraction of sp³-hybridized carbons (Fsp3) is 0.882. The van der Waals surface area contributed by atoms with E-state index in [1.165, 1.54) is 12.8 Å². The van der Waals surface area contributed by atoms with Crippen molar-refractivity contribution < 1.29 is 9.59 Å². The van der Waals surface area contributed by atoms with E-state index >= 15 is 0 Å². The molecule has 0 aromatic carbocycles. The summed E-state index contributed by atoms with van der Waals surface area (Å²) in [6, 6.07) is 0. The van der Waals surface area contributed by atoms with Gasteiger partial charge in [0.1, 0.15) is 0 Å². The summed E-state index contributed by atoms with van der Waals surface area (Å²) < 4.78 is 0. The Balaban J connectivity index is 1.48. The number of hydrogen-bond donors (Lipinski definition) is 0. The van der Waals surface area contributed by atoms with E-state index in [1.807, 2.05) is 4.90 Å². The zero-order valence-corrected chi connectivity index (χ0v) is 13.2. The first-order valence-electron chi connectivity index (χ1n) is 8.72. The Hall–Kier alpha value is -1.06. The maximum atomic E-state index is 12.6. The van der Waals surface area contributed by atoms with Crippen molar-refractivity contribution in [3.63, 3.8) is 0 Å². The number of hydrogen-bond acceptors (Lipinski definition) is 2. The molecule has 1 unspecified atom stereocenters. The smallest absolute Gasteiger partial charge is 0.225 e. The summed E-state index contributed by atoms with van der Waals surface area (Å²) in [7, 11) is 0. The highest BCUT2D eigenvalue weighted by molar-refractivity contribution is 5.81. The molecule has 0 aromatic rings. The van der Waals surface area contributed by atoms with E-state index in [0.29, 0.717) is 23.7 Å². The van der Waals surface area contributed by atoms with E-state index in [9.17, 15) is 9.59 Å². The molecule has 4 nitrogen and oxygen atoms in total. The molecule has 0 spiro atoms. The van der Waals surface area contributed by atoms with Gasteiger partial charge in [-0.25, -0.2) is 0 Å².